The maximum atomic E-state index is 11.6. The number of nitrogens with two attached hydrogens (primary N) is 1. The van der Waals surface area contributed by atoms with Crippen LogP contribution in [0.5, 0.6) is 0 Å². The first-order chi connectivity index (χ1) is 20.5. The quantitative estimate of drug-likeness (QED) is 0.0772. The minimum Gasteiger partial charge on any atom is -0.387 e. The van der Waals surface area contributed by atoms with Gasteiger partial charge in [0.2, 0.25) is 0 Å². The van der Waals surface area contributed by atoms with Crippen molar-refractivity contribution < 1.29 is 67.7 Å². The number of H-pyrrole nitrogens is 1. The number of aromatic nitrogens is 6. The van der Waals surface area contributed by atoms with Crippen molar-refractivity contribution in [2.24, 2.45) is 0 Å². The predicted octanol–water partition coefficient (Wildman–Crippen LogP) is -4.98. The molecule has 11 N–H and O–H groups in total. The molecule has 8 atom stereocenters. The molecule has 23 nitrogen and oxygen atoms in total. The summed E-state index contributed by atoms with van der Waals surface area (Å²) in [5, 5.41) is 39.6. The molecule has 0 aliphatic carbocycles. The number of hydrogen-bond acceptors (Lipinski definition) is 16. The largest absolute Gasteiger partial charge is 0.469 e. The summed E-state index contributed by atoms with van der Waals surface area (Å²) in [5.74, 6) is -0.0225. The van der Waals surface area contributed by atoms with Crippen LogP contribution in [-0.4, -0.2) is 170 Å². The van der Waals surface area contributed by atoms with E-state index < -0.39 is 89.2 Å². The normalized spacial score (nSPS) is 28.4. The van der Waals surface area contributed by atoms with E-state index in [2.05, 4.69) is 29.0 Å². The van der Waals surface area contributed by atoms with Gasteiger partial charge in [-0.3, -0.25) is 23.0 Å². The molecule has 0 spiro atoms. The van der Waals surface area contributed by atoms with Crippen LogP contribution in [0.2, 0.25) is 0 Å². The summed E-state index contributed by atoms with van der Waals surface area (Å²) < 4.78 is 42.5. The van der Waals surface area contributed by atoms with Gasteiger partial charge in [0.15, 0.2) is 23.6 Å². The molecule has 0 amide bonds. The summed E-state index contributed by atoms with van der Waals surface area (Å²) >= 11 is 0. The van der Waals surface area contributed by atoms with Crippen molar-refractivity contribution >= 4 is 84.0 Å². The van der Waals surface area contributed by atoms with Crippen molar-refractivity contribution in [2.45, 2.75) is 49.1 Å². The molecule has 0 saturated carbocycles. The Morgan fingerprint density at radius 3 is 1.87 bits per heavy atom. The van der Waals surface area contributed by atoms with Gasteiger partial charge in [0.05, 0.1) is 25.9 Å². The third kappa shape index (κ3) is 9.38. The Morgan fingerprint density at radius 2 is 1.38 bits per heavy atom. The van der Waals surface area contributed by atoms with Gasteiger partial charge in [-0.15, -0.1) is 0 Å². The summed E-state index contributed by atoms with van der Waals surface area (Å²) in [5.41, 5.74) is 4.19. The zero-order valence-electron chi connectivity index (χ0n) is 22.9. The molecule has 8 unspecified atom stereocenters. The van der Waals surface area contributed by atoms with E-state index in [1.165, 1.54) is 23.2 Å². The van der Waals surface area contributed by atoms with Crippen LogP contribution in [0.15, 0.2) is 34.5 Å². The third-order valence-electron chi connectivity index (χ3n) is 6.25. The van der Waals surface area contributed by atoms with Crippen molar-refractivity contribution in [3.05, 3.63) is 45.8 Å². The van der Waals surface area contributed by atoms with Crippen molar-refractivity contribution in [1.29, 1.82) is 0 Å². The second kappa shape index (κ2) is 15.2. The van der Waals surface area contributed by atoms with Crippen LogP contribution in [0, 0.1) is 0 Å². The third-order valence-corrected chi connectivity index (χ3v) is 7.22. The molecular formula is C19H27KN7O16P2. The minimum atomic E-state index is -4.74. The van der Waals surface area contributed by atoms with Crippen LogP contribution in [0.25, 0.3) is 11.2 Å². The summed E-state index contributed by atoms with van der Waals surface area (Å²) in [7, 11) is -9.48. The fourth-order valence-electron chi connectivity index (χ4n) is 4.20. The number of nitrogens with zero attached hydrogens (tertiary/aromatic N) is 5. The Kier molecular flexibility index (Phi) is 12.9. The van der Waals surface area contributed by atoms with Gasteiger partial charge in [-0.05, 0) is 6.07 Å². The van der Waals surface area contributed by atoms with Crippen LogP contribution in [0.4, 0.5) is 5.82 Å². The van der Waals surface area contributed by atoms with Gasteiger partial charge in [-0.1, -0.05) is 0 Å². The van der Waals surface area contributed by atoms with Crippen molar-refractivity contribution in [1.82, 2.24) is 29.1 Å². The number of aliphatic hydroxyl groups is 4. The average Bonchev–Trinajstić information content (AvgIpc) is 3.57. The second-order valence-electron chi connectivity index (χ2n) is 9.26. The van der Waals surface area contributed by atoms with Crippen molar-refractivity contribution in [2.75, 3.05) is 18.9 Å². The van der Waals surface area contributed by atoms with E-state index in [-0.39, 0.29) is 68.4 Å². The van der Waals surface area contributed by atoms with Gasteiger partial charge in [-0.2, -0.15) is 4.98 Å². The van der Waals surface area contributed by atoms with E-state index in [4.69, 9.17) is 34.8 Å². The number of rotatable bonds is 8. The summed E-state index contributed by atoms with van der Waals surface area (Å²) in [4.78, 5) is 71.4. The van der Waals surface area contributed by atoms with E-state index >= 15 is 0 Å². The summed E-state index contributed by atoms with van der Waals surface area (Å²) in [6.45, 7) is -1.28. The number of hydrogen-bond donors (Lipinski definition) is 10. The van der Waals surface area contributed by atoms with Gasteiger partial charge in [-0.25, -0.2) is 23.9 Å². The smallest absolute Gasteiger partial charge is 0.387 e. The number of anilines is 1. The number of fused-ring (bicyclic) bond motifs is 1. The van der Waals surface area contributed by atoms with E-state index in [1.807, 2.05) is 0 Å². The standard InChI is InChI=1S/C10H13N4O8P.C9H14N3O8P.K/c15-6-4(1-21-23(18,19)20)22-10(7(6)16)14-3-13-5-8(14)11-2-12-9(5)17;10-5-1-2-12(9(15)11-5)8-7(14)6(13)4(20-8)3-19-21(16,17)18;/h2-4,6-7,10,15-16H,1H2,(H,11,12,17)(H2,18,19,20);1-2,4,6-8,13-14H,3H2,(H2,10,11,15)(H2,16,17,18);. The van der Waals surface area contributed by atoms with Crippen LogP contribution < -0.4 is 17.0 Å². The molecule has 2 saturated heterocycles. The first-order valence-corrected chi connectivity index (χ1v) is 15.2. The Labute approximate surface area is 292 Å². The molecule has 245 valence electrons. The maximum Gasteiger partial charge on any atom is 0.469 e. The molecule has 5 rings (SSSR count). The average molecular weight is 711 g/mol. The number of nitrogens with one attached hydrogen (secondary N) is 1. The molecule has 2 aliphatic heterocycles. The van der Waals surface area contributed by atoms with Gasteiger partial charge in [0, 0.05) is 57.6 Å². The van der Waals surface area contributed by atoms with Gasteiger partial charge in [0.25, 0.3) is 5.56 Å². The van der Waals surface area contributed by atoms with E-state index in [0.717, 1.165) is 10.9 Å². The Bertz CT molecular complexity index is 1680. The molecule has 3 aromatic rings. The fourth-order valence-corrected chi connectivity index (χ4v) is 4.89. The second-order valence-corrected chi connectivity index (χ2v) is 11.7. The summed E-state index contributed by atoms with van der Waals surface area (Å²) in [6.07, 6.45) is -7.12. The number of imidazole rings is 1. The van der Waals surface area contributed by atoms with E-state index in [0.29, 0.717) is 0 Å². The number of phosphoric ester groups is 2. The number of aromatic amines is 1. The molecule has 26 heteroatoms. The molecule has 2 fully saturated rings. The maximum absolute atomic E-state index is 11.6. The number of aliphatic hydroxyl groups excluding tert-OH is 4. The van der Waals surface area contributed by atoms with E-state index in [1.54, 1.807) is 0 Å². The zero-order valence-corrected chi connectivity index (χ0v) is 27.8. The molecule has 3 aromatic heterocycles. The first kappa shape index (κ1) is 38.1. The van der Waals surface area contributed by atoms with Gasteiger partial charge >= 0.3 is 21.3 Å². The zero-order chi connectivity index (χ0) is 32.6. The van der Waals surface area contributed by atoms with Crippen LogP contribution in [0.3, 0.4) is 0 Å². The molecule has 2 aliphatic rings. The number of phosphoric acid groups is 2. The molecule has 0 aromatic carbocycles. The van der Waals surface area contributed by atoms with Crippen LogP contribution in [0.1, 0.15) is 12.5 Å². The van der Waals surface area contributed by atoms with Crippen molar-refractivity contribution in [3.8, 4) is 0 Å². The molecule has 1 radical (unpaired) electrons. The molecular weight excluding hydrogens is 683 g/mol. The first-order valence-electron chi connectivity index (χ1n) is 12.1. The predicted molar refractivity (Wildman–Crippen MR) is 145 cm³/mol. The number of ether oxygens (including phenoxy) is 2. The Hall–Kier alpha value is -1.35. The monoisotopic (exact) mass is 710 g/mol. The molecule has 45 heavy (non-hydrogen) atoms. The van der Waals surface area contributed by atoms with Crippen LogP contribution >= 0.6 is 15.6 Å². The molecule has 0 bridgehead atoms. The Morgan fingerprint density at radius 1 is 0.867 bits per heavy atom. The van der Waals surface area contributed by atoms with Gasteiger partial charge in [0.1, 0.15) is 42.4 Å². The van der Waals surface area contributed by atoms with E-state index in [9.17, 15) is 39.1 Å². The van der Waals surface area contributed by atoms with Gasteiger partial charge < -0.3 is 60.2 Å². The SMILES string of the molecule is Nc1ccn(C2OC(COP(=O)(O)O)C(O)C2O)c(=O)n1.O=c1[nH]cnc2c1ncn2C1OC(COP(=O)(O)O)C(O)C1O.[K]. The number of nitrogen functional groups attached to an aromatic ring is 1. The summed E-state index contributed by atoms with van der Waals surface area (Å²) in [6, 6.07) is 1.29. The van der Waals surface area contributed by atoms with Crippen LogP contribution in [-0.2, 0) is 27.7 Å². The molecule has 5 heterocycles. The topological polar surface area (TPSA) is 357 Å². The minimum absolute atomic E-state index is 0. The van der Waals surface area contributed by atoms with Crippen molar-refractivity contribution in [3.63, 3.8) is 0 Å². The Balaban J connectivity index is 0.000000241. The fraction of sp³-hybridized carbons (Fsp3) is 0.526.